The van der Waals surface area contributed by atoms with Gasteiger partial charge in [-0.1, -0.05) is 84.9 Å². The molecule has 3 amide bonds. The predicted octanol–water partition coefficient (Wildman–Crippen LogP) is 3.66. The highest BCUT2D eigenvalue weighted by molar-refractivity contribution is 7.94. The van der Waals surface area contributed by atoms with Crippen molar-refractivity contribution in [2.45, 2.75) is 36.2 Å². The molecule has 4 rings (SSSR count). The topological polar surface area (TPSA) is 98.8 Å². The van der Waals surface area contributed by atoms with Crippen LogP contribution >= 0.6 is 0 Å². The van der Waals surface area contributed by atoms with Crippen LogP contribution in [0.2, 0.25) is 0 Å². The van der Waals surface area contributed by atoms with Crippen LogP contribution in [0.5, 0.6) is 0 Å². The van der Waals surface area contributed by atoms with Gasteiger partial charge < -0.3 is 20.4 Å². The average Bonchev–Trinajstić information content (AvgIpc) is 3.00. The monoisotopic (exact) mass is 574 g/mol. The lowest BCUT2D eigenvalue weighted by atomic mass is 10.0. The van der Waals surface area contributed by atoms with Gasteiger partial charge in [-0.05, 0) is 43.1 Å². The van der Waals surface area contributed by atoms with E-state index in [4.69, 9.17) is 0 Å². The van der Waals surface area contributed by atoms with Crippen LogP contribution in [0.25, 0.3) is 0 Å². The Hall–Kier alpha value is -3.95. The van der Waals surface area contributed by atoms with Gasteiger partial charge in [0.25, 0.3) is 0 Å². The molecular weight excluding hydrogens is 536 g/mol. The third-order valence-electron chi connectivity index (χ3n) is 7.16. The summed E-state index contributed by atoms with van der Waals surface area (Å²) in [5.74, 6) is -0.365. The van der Waals surface area contributed by atoms with Gasteiger partial charge in [-0.25, -0.2) is 13.2 Å². The number of likely N-dealkylation sites (N-methyl/N-ethyl adjacent to an activating group) is 1. The van der Waals surface area contributed by atoms with E-state index >= 15 is 0 Å². The molecule has 41 heavy (non-hydrogen) atoms. The summed E-state index contributed by atoms with van der Waals surface area (Å²) >= 11 is 0. The van der Waals surface area contributed by atoms with Gasteiger partial charge in [0.1, 0.15) is 6.04 Å². The Kier molecular flexibility index (Phi) is 10.7. The molecule has 0 saturated carbocycles. The fraction of sp³-hybridized carbons (Fsp3) is 0.312. The number of nitrogens with one attached hydrogen (secondary N) is 2. The van der Waals surface area contributed by atoms with E-state index < -0.39 is 21.9 Å². The van der Waals surface area contributed by atoms with E-state index in [0.29, 0.717) is 32.4 Å². The molecule has 3 aromatic carbocycles. The molecule has 216 valence electrons. The molecule has 1 aliphatic heterocycles. The molecular formula is C32H38N4O4S. The van der Waals surface area contributed by atoms with Crippen molar-refractivity contribution in [3.8, 4) is 0 Å². The number of nitrogens with zero attached hydrogens (tertiary/aromatic N) is 2. The second-order valence-corrected chi connectivity index (χ2v) is 12.1. The van der Waals surface area contributed by atoms with Crippen LogP contribution in [0.1, 0.15) is 17.5 Å². The van der Waals surface area contributed by atoms with Crippen LogP contribution in [0.4, 0.5) is 4.79 Å². The molecule has 0 unspecified atom stereocenters. The number of benzene rings is 3. The van der Waals surface area contributed by atoms with Crippen LogP contribution in [0.3, 0.4) is 0 Å². The van der Waals surface area contributed by atoms with Crippen molar-refractivity contribution in [2.24, 2.45) is 0 Å². The minimum atomic E-state index is -3.69. The number of carbonyl (C=O) groups excluding carboxylic acids is 2. The first kappa shape index (κ1) is 30.0. The lowest BCUT2D eigenvalue weighted by Crippen LogP contribution is -2.56. The summed E-state index contributed by atoms with van der Waals surface area (Å²) in [6, 6.07) is 25.9. The van der Waals surface area contributed by atoms with Gasteiger partial charge in [-0.2, -0.15) is 0 Å². The second-order valence-electron chi connectivity index (χ2n) is 10.3. The number of urea groups is 1. The first-order valence-corrected chi connectivity index (χ1v) is 15.5. The first-order chi connectivity index (χ1) is 19.8. The summed E-state index contributed by atoms with van der Waals surface area (Å²) in [5, 5.41) is 7.12. The normalized spacial score (nSPS) is 15.8. The van der Waals surface area contributed by atoms with E-state index in [-0.39, 0.29) is 16.8 Å². The van der Waals surface area contributed by atoms with E-state index in [1.807, 2.05) is 67.7 Å². The Balaban J connectivity index is 1.52. The largest absolute Gasteiger partial charge is 0.348 e. The van der Waals surface area contributed by atoms with Gasteiger partial charge in [0, 0.05) is 44.0 Å². The number of piperazine rings is 1. The van der Waals surface area contributed by atoms with E-state index in [1.165, 1.54) is 6.08 Å². The SMILES string of the molecule is CN1CCN(C(=O)N[C@@H](Cc2ccccc2)C(=O)N[C@H](/C=C\S(=O)(=O)c2ccccc2)CCc2ccccc2)CC1. The van der Waals surface area contributed by atoms with Gasteiger partial charge >= 0.3 is 6.03 Å². The Morgan fingerprint density at radius 1 is 0.805 bits per heavy atom. The molecule has 0 aliphatic carbocycles. The first-order valence-electron chi connectivity index (χ1n) is 13.9. The maximum Gasteiger partial charge on any atom is 0.318 e. The third kappa shape index (κ3) is 9.30. The average molecular weight is 575 g/mol. The Morgan fingerprint density at radius 2 is 1.37 bits per heavy atom. The van der Waals surface area contributed by atoms with Gasteiger partial charge in [-0.3, -0.25) is 4.79 Å². The molecule has 0 radical (unpaired) electrons. The minimum Gasteiger partial charge on any atom is -0.348 e. The molecule has 3 aromatic rings. The van der Waals surface area contributed by atoms with Gasteiger partial charge in [0.2, 0.25) is 5.91 Å². The molecule has 0 bridgehead atoms. The number of sulfone groups is 1. The second kappa shape index (κ2) is 14.6. The fourth-order valence-corrected chi connectivity index (χ4v) is 5.75. The van der Waals surface area contributed by atoms with E-state index in [2.05, 4.69) is 15.5 Å². The minimum absolute atomic E-state index is 0.186. The van der Waals surface area contributed by atoms with Crippen LogP contribution in [-0.4, -0.2) is 75.5 Å². The van der Waals surface area contributed by atoms with E-state index in [0.717, 1.165) is 29.6 Å². The van der Waals surface area contributed by atoms with Crippen LogP contribution in [-0.2, 0) is 27.5 Å². The highest BCUT2D eigenvalue weighted by Gasteiger charge is 2.27. The van der Waals surface area contributed by atoms with Crippen molar-refractivity contribution in [2.75, 3.05) is 33.2 Å². The molecule has 2 N–H and O–H groups in total. The molecule has 1 fully saturated rings. The maximum absolute atomic E-state index is 13.7. The van der Waals surface area contributed by atoms with Gasteiger partial charge in [-0.15, -0.1) is 0 Å². The molecule has 1 saturated heterocycles. The predicted molar refractivity (Wildman–Crippen MR) is 161 cm³/mol. The van der Waals surface area contributed by atoms with Gasteiger partial charge in [0.05, 0.1) is 4.90 Å². The fourth-order valence-electron chi connectivity index (χ4n) is 4.66. The summed E-state index contributed by atoms with van der Waals surface area (Å²) in [6.45, 7) is 2.71. The number of hydrogen-bond acceptors (Lipinski definition) is 5. The summed E-state index contributed by atoms with van der Waals surface area (Å²) in [7, 11) is -1.68. The summed E-state index contributed by atoms with van der Waals surface area (Å²) in [5.41, 5.74) is 1.99. The molecule has 1 heterocycles. The number of rotatable bonds is 11. The van der Waals surface area contributed by atoms with Crippen molar-refractivity contribution < 1.29 is 18.0 Å². The van der Waals surface area contributed by atoms with Crippen molar-refractivity contribution in [3.05, 3.63) is 114 Å². The van der Waals surface area contributed by atoms with Crippen molar-refractivity contribution in [3.63, 3.8) is 0 Å². The van der Waals surface area contributed by atoms with E-state index in [1.54, 1.807) is 35.2 Å². The lowest BCUT2D eigenvalue weighted by molar-refractivity contribution is -0.123. The molecule has 1 aliphatic rings. The number of hydrogen-bond donors (Lipinski definition) is 2. The van der Waals surface area contributed by atoms with Gasteiger partial charge in [0.15, 0.2) is 9.84 Å². The highest BCUT2D eigenvalue weighted by Crippen LogP contribution is 2.14. The Bertz CT molecular complexity index is 1390. The number of carbonyl (C=O) groups is 2. The number of aryl methyl sites for hydroxylation is 1. The zero-order valence-corrected chi connectivity index (χ0v) is 24.2. The van der Waals surface area contributed by atoms with Crippen LogP contribution < -0.4 is 10.6 Å². The van der Waals surface area contributed by atoms with Crippen LogP contribution in [0.15, 0.2) is 107 Å². The standard InChI is InChI=1S/C32H38N4O4S/c1-35-20-22-36(23-21-35)32(38)34-30(25-27-13-7-3-8-14-27)31(37)33-28(18-17-26-11-5-2-6-12-26)19-24-41(39,40)29-15-9-4-10-16-29/h2-16,19,24,28,30H,17-18,20-23,25H2,1H3,(H,33,37)(H,34,38)/b24-19-/t28-,30-/m0/s1. The van der Waals surface area contributed by atoms with E-state index in [9.17, 15) is 18.0 Å². The summed E-state index contributed by atoms with van der Waals surface area (Å²) < 4.78 is 25.9. The summed E-state index contributed by atoms with van der Waals surface area (Å²) in [6.07, 6.45) is 2.97. The quantitative estimate of drug-likeness (QED) is 0.364. The van der Waals surface area contributed by atoms with Crippen molar-refractivity contribution >= 4 is 21.8 Å². The molecule has 2 atom stereocenters. The lowest BCUT2D eigenvalue weighted by Gasteiger charge is -2.33. The van der Waals surface area contributed by atoms with Crippen molar-refractivity contribution in [1.82, 2.24) is 20.4 Å². The maximum atomic E-state index is 13.7. The molecule has 0 aromatic heterocycles. The highest BCUT2D eigenvalue weighted by atomic mass is 32.2. The van der Waals surface area contributed by atoms with Crippen LogP contribution in [0, 0.1) is 0 Å². The Morgan fingerprint density at radius 3 is 1.98 bits per heavy atom. The zero-order chi connectivity index (χ0) is 29.1. The van der Waals surface area contributed by atoms with Crippen molar-refractivity contribution in [1.29, 1.82) is 0 Å². The molecule has 8 nitrogen and oxygen atoms in total. The smallest absolute Gasteiger partial charge is 0.318 e. The number of amides is 3. The third-order valence-corrected chi connectivity index (χ3v) is 8.61. The molecule has 0 spiro atoms. The molecule has 9 heteroatoms. The Labute approximate surface area is 243 Å². The summed E-state index contributed by atoms with van der Waals surface area (Å²) in [4.78, 5) is 30.9. The zero-order valence-electron chi connectivity index (χ0n) is 23.4.